The second-order valence-corrected chi connectivity index (χ2v) is 6.48. The van der Waals surface area contributed by atoms with Gasteiger partial charge in [-0.05, 0) is 48.2 Å². The number of hydrogen-bond donors (Lipinski definition) is 4. The smallest absolute Gasteiger partial charge is 0.251 e. The van der Waals surface area contributed by atoms with E-state index in [1.54, 1.807) is 20.2 Å². The number of rotatable bonds is 8. The van der Waals surface area contributed by atoms with Crippen LogP contribution in [0, 0.1) is 0 Å². The maximum atomic E-state index is 12.2. The molecule has 29 heavy (non-hydrogen) atoms. The van der Waals surface area contributed by atoms with Crippen molar-refractivity contribution >= 4 is 23.5 Å². The van der Waals surface area contributed by atoms with Crippen molar-refractivity contribution in [2.24, 2.45) is 4.99 Å². The van der Waals surface area contributed by atoms with E-state index in [2.05, 4.69) is 33.2 Å². The molecular formula is C22H29N5O2. The van der Waals surface area contributed by atoms with Crippen LogP contribution >= 0.6 is 0 Å². The van der Waals surface area contributed by atoms with Gasteiger partial charge in [-0.2, -0.15) is 0 Å². The molecule has 154 valence electrons. The minimum Gasteiger partial charge on any atom is -0.356 e. The standard InChI is InChI=1S/C22H29N5O2/c1-4-16-7-6-10-19(14-16)27-20(28)15-26-22(24-3)25-12-11-17-8-5-9-18(13-17)21(29)23-2/h5-10,13-14H,4,11-12,15H2,1-3H3,(H,23,29)(H,27,28)(H2,24,25,26). The van der Waals surface area contributed by atoms with E-state index < -0.39 is 0 Å². The molecule has 2 rings (SSSR count). The first-order valence-corrected chi connectivity index (χ1v) is 9.70. The van der Waals surface area contributed by atoms with Gasteiger partial charge in [0.2, 0.25) is 5.91 Å². The number of carbonyl (C=O) groups is 2. The first-order chi connectivity index (χ1) is 14.0. The van der Waals surface area contributed by atoms with Gasteiger partial charge >= 0.3 is 0 Å². The first kappa shape index (κ1) is 21.9. The maximum absolute atomic E-state index is 12.2. The Morgan fingerprint density at radius 2 is 1.76 bits per heavy atom. The van der Waals surface area contributed by atoms with Crippen molar-refractivity contribution in [3.63, 3.8) is 0 Å². The Hall–Kier alpha value is -3.35. The molecule has 0 aliphatic rings. The lowest BCUT2D eigenvalue weighted by Crippen LogP contribution is -2.42. The van der Waals surface area contributed by atoms with E-state index in [9.17, 15) is 9.59 Å². The Morgan fingerprint density at radius 1 is 1.00 bits per heavy atom. The van der Waals surface area contributed by atoms with E-state index in [4.69, 9.17) is 0 Å². The molecular weight excluding hydrogens is 366 g/mol. The molecule has 0 spiro atoms. The molecule has 2 amide bonds. The van der Waals surface area contributed by atoms with Gasteiger partial charge in [0, 0.05) is 31.9 Å². The molecule has 0 aliphatic carbocycles. The molecule has 0 aliphatic heterocycles. The molecule has 0 aromatic heterocycles. The number of anilines is 1. The summed E-state index contributed by atoms with van der Waals surface area (Å²) in [6.45, 7) is 2.81. The fraction of sp³-hybridized carbons (Fsp3) is 0.318. The number of amides is 2. The van der Waals surface area contributed by atoms with Gasteiger partial charge in [0.25, 0.3) is 5.91 Å². The predicted molar refractivity (Wildman–Crippen MR) is 117 cm³/mol. The highest BCUT2D eigenvalue weighted by atomic mass is 16.2. The van der Waals surface area contributed by atoms with Crippen molar-refractivity contribution in [1.82, 2.24) is 16.0 Å². The topological polar surface area (TPSA) is 94.6 Å². The molecule has 0 unspecified atom stereocenters. The molecule has 0 saturated heterocycles. The summed E-state index contributed by atoms with van der Waals surface area (Å²) in [7, 11) is 3.27. The second kappa shape index (κ2) is 11.5. The van der Waals surface area contributed by atoms with Gasteiger partial charge in [-0.15, -0.1) is 0 Å². The number of nitrogens with one attached hydrogen (secondary N) is 4. The fourth-order valence-corrected chi connectivity index (χ4v) is 2.80. The van der Waals surface area contributed by atoms with Crippen molar-refractivity contribution in [3.8, 4) is 0 Å². The van der Waals surface area contributed by atoms with Gasteiger partial charge in [0.05, 0.1) is 6.54 Å². The van der Waals surface area contributed by atoms with E-state index >= 15 is 0 Å². The lowest BCUT2D eigenvalue weighted by atomic mass is 10.1. The molecule has 0 heterocycles. The van der Waals surface area contributed by atoms with Gasteiger partial charge in [-0.1, -0.05) is 31.2 Å². The summed E-state index contributed by atoms with van der Waals surface area (Å²) in [6, 6.07) is 15.3. The number of hydrogen-bond acceptors (Lipinski definition) is 3. The summed E-state index contributed by atoms with van der Waals surface area (Å²) < 4.78 is 0. The third-order valence-electron chi connectivity index (χ3n) is 4.38. The molecule has 0 saturated carbocycles. The van der Waals surface area contributed by atoms with Crippen molar-refractivity contribution < 1.29 is 9.59 Å². The lowest BCUT2D eigenvalue weighted by Gasteiger charge is -2.12. The van der Waals surface area contributed by atoms with Gasteiger partial charge in [-0.25, -0.2) is 0 Å². The van der Waals surface area contributed by atoms with Crippen LogP contribution < -0.4 is 21.3 Å². The Balaban J connectivity index is 1.77. The molecule has 7 heteroatoms. The van der Waals surface area contributed by atoms with E-state index in [0.29, 0.717) is 18.1 Å². The second-order valence-electron chi connectivity index (χ2n) is 6.48. The normalized spacial score (nSPS) is 10.9. The third kappa shape index (κ3) is 7.29. The van der Waals surface area contributed by atoms with Crippen LogP contribution in [0.2, 0.25) is 0 Å². The van der Waals surface area contributed by atoms with Crippen molar-refractivity contribution in [2.45, 2.75) is 19.8 Å². The van der Waals surface area contributed by atoms with Gasteiger partial charge in [0.1, 0.15) is 0 Å². The van der Waals surface area contributed by atoms with Crippen LogP contribution in [0.3, 0.4) is 0 Å². The van der Waals surface area contributed by atoms with E-state index in [1.807, 2.05) is 42.5 Å². The van der Waals surface area contributed by atoms with Crippen LogP contribution in [0.1, 0.15) is 28.4 Å². The molecule has 4 N–H and O–H groups in total. The quantitative estimate of drug-likeness (QED) is 0.406. The van der Waals surface area contributed by atoms with Crippen LogP contribution in [0.25, 0.3) is 0 Å². The number of carbonyl (C=O) groups excluding carboxylic acids is 2. The van der Waals surface area contributed by atoms with Crippen LogP contribution in [0.15, 0.2) is 53.5 Å². The Labute approximate surface area is 172 Å². The predicted octanol–water partition coefficient (Wildman–Crippen LogP) is 1.95. The fourth-order valence-electron chi connectivity index (χ4n) is 2.80. The van der Waals surface area contributed by atoms with Crippen LogP contribution in [0.5, 0.6) is 0 Å². The largest absolute Gasteiger partial charge is 0.356 e. The molecule has 2 aromatic carbocycles. The SMILES string of the molecule is CCc1cccc(NC(=O)CNC(=NC)NCCc2cccc(C(=O)NC)c2)c1. The van der Waals surface area contributed by atoms with E-state index in [0.717, 1.165) is 24.1 Å². The van der Waals surface area contributed by atoms with Gasteiger partial charge < -0.3 is 21.3 Å². The summed E-state index contributed by atoms with van der Waals surface area (Å²) in [5, 5.41) is 11.7. The maximum Gasteiger partial charge on any atom is 0.251 e. The molecule has 0 radical (unpaired) electrons. The van der Waals surface area contributed by atoms with Crippen molar-refractivity contribution in [1.29, 1.82) is 0 Å². The van der Waals surface area contributed by atoms with Gasteiger partial charge in [-0.3, -0.25) is 14.6 Å². The summed E-state index contributed by atoms with van der Waals surface area (Å²) in [5.74, 6) is 0.303. The highest BCUT2D eigenvalue weighted by Gasteiger charge is 2.06. The number of benzene rings is 2. The lowest BCUT2D eigenvalue weighted by molar-refractivity contribution is -0.115. The Morgan fingerprint density at radius 3 is 2.48 bits per heavy atom. The van der Waals surface area contributed by atoms with Crippen LogP contribution in [-0.4, -0.2) is 45.0 Å². The zero-order chi connectivity index (χ0) is 21.1. The third-order valence-corrected chi connectivity index (χ3v) is 4.38. The van der Waals surface area contributed by atoms with Crippen molar-refractivity contribution in [2.75, 3.05) is 32.5 Å². The molecule has 7 nitrogen and oxygen atoms in total. The summed E-state index contributed by atoms with van der Waals surface area (Å²) >= 11 is 0. The summed E-state index contributed by atoms with van der Waals surface area (Å²) in [4.78, 5) is 28.0. The molecule has 0 bridgehead atoms. The first-order valence-electron chi connectivity index (χ1n) is 9.70. The number of aliphatic imine (C=N–C) groups is 1. The Bertz CT molecular complexity index is 864. The number of aryl methyl sites for hydroxylation is 1. The summed E-state index contributed by atoms with van der Waals surface area (Å²) in [5.41, 5.74) is 3.64. The minimum atomic E-state index is -0.139. The monoisotopic (exact) mass is 395 g/mol. The summed E-state index contributed by atoms with van der Waals surface area (Å²) in [6.07, 6.45) is 1.64. The average Bonchev–Trinajstić information content (AvgIpc) is 2.75. The van der Waals surface area contributed by atoms with Crippen molar-refractivity contribution in [3.05, 3.63) is 65.2 Å². The number of nitrogens with zero attached hydrogens (tertiary/aromatic N) is 1. The van der Waals surface area contributed by atoms with Crippen LogP contribution in [-0.2, 0) is 17.6 Å². The zero-order valence-corrected chi connectivity index (χ0v) is 17.2. The van der Waals surface area contributed by atoms with E-state index in [-0.39, 0.29) is 18.4 Å². The average molecular weight is 396 g/mol. The minimum absolute atomic E-state index is 0.104. The molecule has 0 fully saturated rings. The molecule has 0 atom stereocenters. The highest BCUT2D eigenvalue weighted by molar-refractivity contribution is 5.95. The van der Waals surface area contributed by atoms with Gasteiger partial charge in [0.15, 0.2) is 5.96 Å². The zero-order valence-electron chi connectivity index (χ0n) is 17.2. The Kier molecular flexibility index (Phi) is 8.69. The van der Waals surface area contributed by atoms with E-state index in [1.165, 1.54) is 5.56 Å². The molecule has 2 aromatic rings. The van der Waals surface area contributed by atoms with Crippen LogP contribution in [0.4, 0.5) is 5.69 Å². The highest BCUT2D eigenvalue weighted by Crippen LogP contribution is 2.10. The number of guanidine groups is 1.